The van der Waals surface area contributed by atoms with Gasteiger partial charge in [0.25, 0.3) is 0 Å². The van der Waals surface area contributed by atoms with Crippen molar-refractivity contribution in [3.8, 4) is 0 Å². The van der Waals surface area contributed by atoms with Crippen LogP contribution >= 0.6 is 12.6 Å². The van der Waals surface area contributed by atoms with Gasteiger partial charge in [-0.25, -0.2) is 4.79 Å². The fraction of sp³-hybridized carbons (Fsp3) is 0.250. The molecule has 0 spiro atoms. The van der Waals surface area contributed by atoms with Crippen LogP contribution in [-0.2, 0) is 4.74 Å². The number of thiol groups is 1. The summed E-state index contributed by atoms with van der Waals surface area (Å²) in [5.41, 5.74) is 0.435. The lowest BCUT2D eigenvalue weighted by Gasteiger charge is -2.00. The molecule has 1 aromatic heterocycles. The Balaban J connectivity index is 2.81. The van der Waals surface area contributed by atoms with Crippen LogP contribution in [0, 0.1) is 0 Å². The van der Waals surface area contributed by atoms with Crippen molar-refractivity contribution in [1.82, 2.24) is 4.98 Å². The summed E-state index contributed by atoms with van der Waals surface area (Å²) in [5, 5.41) is 0. The van der Waals surface area contributed by atoms with Crippen molar-refractivity contribution in [2.45, 2.75) is 11.8 Å². The van der Waals surface area contributed by atoms with Gasteiger partial charge in [0.15, 0.2) is 0 Å². The summed E-state index contributed by atoms with van der Waals surface area (Å²) in [4.78, 5) is 15.6. The Kier molecular flexibility index (Phi) is 3.10. The van der Waals surface area contributed by atoms with Crippen LogP contribution in [0.5, 0.6) is 0 Å². The van der Waals surface area contributed by atoms with Crippen LogP contribution in [0.1, 0.15) is 17.3 Å². The zero-order valence-electron chi connectivity index (χ0n) is 6.65. The first kappa shape index (κ1) is 9.06. The van der Waals surface area contributed by atoms with E-state index in [2.05, 4.69) is 17.6 Å². The van der Waals surface area contributed by atoms with E-state index in [1.54, 1.807) is 19.2 Å². The van der Waals surface area contributed by atoms with Crippen LogP contribution in [0.15, 0.2) is 23.4 Å². The fourth-order valence-corrected chi connectivity index (χ4v) is 0.960. The minimum Gasteiger partial charge on any atom is -0.462 e. The SMILES string of the molecule is CCOC(=O)c1cncc(S)c1. The van der Waals surface area contributed by atoms with Crippen molar-refractivity contribution < 1.29 is 9.53 Å². The van der Waals surface area contributed by atoms with Crippen molar-refractivity contribution in [2.24, 2.45) is 0 Å². The third-order valence-electron chi connectivity index (χ3n) is 1.23. The van der Waals surface area contributed by atoms with Crippen molar-refractivity contribution in [3.63, 3.8) is 0 Å². The molecule has 0 N–H and O–H groups in total. The minimum atomic E-state index is -0.360. The minimum absolute atomic E-state index is 0.360. The van der Waals surface area contributed by atoms with Gasteiger partial charge in [-0.3, -0.25) is 4.98 Å². The van der Waals surface area contributed by atoms with E-state index in [9.17, 15) is 4.79 Å². The normalized spacial score (nSPS) is 9.50. The molecule has 0 saturated heterocycles. The number of rotatable bonds is 2. The monoisotopic (exact) mass is 183 g/mol. The molecule has 0 aliphatic rings. The number of ether oxygens (including phenoxy) is 1. The Morgan fingerprint density at radius 3 is 3.00 bits per heavy atom. The molecule has 0 aliphatic heterocycles. The summed E-state index contributed by atoms with van der Waals surface area (Å²) in [6, 6.07) is 1.62. The summed E-state index contributed by atoms with van der Waals surface area (Å²) >= 11 is 4.05. The molecule has 0 atom stereocenters. The molecule has 12 heavy (non-hydrogen) atoms. The zero-order chi connectivity index (χ0) is 8.97. The molecule has 1 aromatic rings. The fourth-order valence-electron chi connectivity index (χ4n) is 0.754. The molecule has 64 valence electrons. The standard InChI is InChI=1S/C8H9NO2S/c1-2-11-8(10)6-3-7(12)5-9-4-6/h3-5,12H,2H2,1H3. The van der Waals surface area contributed by atoms with E-state index in [1.165, 1.54) is 6.20 Å². The Morgan fingerprint density at radius 1 is 1.67 bits per heavy atom. The molecular formula is C8H9NO2S. The Hall–Kier alpha value is -1.03. The molecule has 3 nitrogen and oxygen atoms in total. The second-order valence-corrected chi connectivity index (χ2v) is 2.67. The van der Waals surface area contributed by atoms with Crippen LogP contribution < -0.4 is 0 Å². The third kappa shape index (κ3) is 2.23. The lowest BCUT2D eigenvalue weighted by Crippen LogP contribution is -2.04. The van der Waals surface area contributed by atoms with Gasteiger partial charge in [0.2, 0.25) is 0 Å². The van der Waals surface area contributed by atoms with Gasteiger partial charge in [0, 0.05) is 17.3 Å². The lowest BCUT2D eigenvalue weighted by atomic mass is 10.3. The molecule has 0 amide bonds. The van der Waals surface area contributed by atoms with Gasteiger partial charge >= 0.3 is 5.97 Å². The van der Waals surface area contributed by atoms with Crippen molar-refractivity contribution in [3.05, 3.63) is 24.0 Å². The number of nitrogens with zero attached hydrogens (tertiary/aromatic N) is 1. The van der Waals surface area contributed by atoms with Gasteiger partial charge in [-0.2, -0.15) is 0 Å². The van der Waals surface area contributed by atoms with Crippen molar-refractivity contribution in [1.29, 1.82) is 0 Å². The lowest BCUT2D eigenvalue weighted by molar-refractivity contribution is 0.0525. The van der Waals surface area contributed by atoms with Gasteiger partial charge in [0.1, 0.15) is 0 Å². The number of hydrogen-bond donors (Lipinski definition) is 1. The van der Waals surface area contributed by atoms with Crippen LogP contribution in [-0.4, -0.2) is 17.6 Å². The number of carbonyl (C=O) groups is 1. The van der Waals surface area contributed by atoms with Gasteiger partial charge in [-0.15, -0.1) is 12.6 Å². The van der Waals surface area contributed by atoms with Crippen molar-refractivity contribution >= 4 is 18.6 Å². The summed E-state index contributed by atoms with van der Waals surface area (Å²) in [6.45, 7) is 2.13. The maximum Gasteiger partial charge on any atom is 0.339 e. The summed E-state index contributed by atoms with van der Waals surface area (Å²) in [7, 11) is 0. The molecule has 1 rings (SSSR count). The van der Waals surface area contributed by atoms with E-state index in [4.69, 9.17) is 4.74 Å². The van der Waals surface area contributed by atoms with Gasteiger partial charge in [-0.1, -0.05) is 0 Å². The van der Waals surface area contributed by atoms with Crippen LogP contribution in [0.3, 0.4) is 0 Å². The Labute approximate surface area is 76.2 Å². The first-order chi connectivity index (χ1) is 5.74. The summed E-state index contributed by atoms with van der Waals surface area (Å²) < 4.78 is 4.77. The molecule has 0 bridgehead atoms. The molecule has 0 saturated carbocycles. The number of carbonyl (C=O) groups excluding carboxylic acids is 1. The quantitative estimate of drug-likeness (QED) is 0.558. The Morgan fingerprint density at radius 2 is 2.42 bits per heavy atom. The highest BCUT2D eigenvalue weighted by molar-refractivity contribution is 7.80. The molecule has 1 heterocycles. The molecule has 0 aromatic carbocycles. The molecular weight excluding hydrogens is 174 g/mol. The van der Waals surface area contributed by atoms with E-state index >= 15 is 0 Å². The Bertz CT molecular complexity index is 288. The van der Waals surface area contributed by atoms with E-state index < -0.39 is 0 Å². The van der Waals surface area contributed by atoms with E-state index in [1.807, 2.05) is 0 Å². The highest BCUT2D eigenvalue weighted by Gasteiger charge is 2.05. The van der Waals surface area contributed by atoms with Gasteiger partial charge in [0.05, 0.1) is 12.2 Å². The number of aromatic nitrogens is 1. The topological polar surface area (TPSA) is 39.2 Å². The average molecular weight is 183 g/mol. The number of pyridine rings is 1. The predicted molar refractivity (Wildman–Crippen MR) is 47.4 cm³/mol. The smallest absolute Gasteiger partial charge is 0.339 e. The second-order valence-electron chi connectivity index (χ2n) is 2.15. The highest BCUT2D eigenvalue weighted by atomic mass is 32.1. The van der Waals surface area contributed by atoms with Gasteiger partial charge < -0.3 is 4.74 Å². The van der Waals surface area contributed by atoms with Crippen LogP contribution in [0.2, 0.25) is 0 Å². The average Bonchev–Trinajstić information content (AvgIpc) is 2.05. The second kappa shape index (κ2) is 4.11. The van der Waals surface area contributed by atoms with E-state index in [0.717, 1.165) is 0 Å². The molecule has 0 aliphatic carbocycles. The van der Waals surface area contributed by atoms with Crippen LogP contribution in [0.25, 0.3) is 0 Å². The molecule has 0 fully saturated rings. The largest absolute Gasteiger partial charge is 0.462 e. The predicted octanol–water partition coefficient (Wildman–Crippen LogP) is 1.55. The number of hydrogen-bond acceptors (Lipinski definition) is 4. The van der Waals surface area contributed by atoms with E-state index in [-0.39, 0.29) is 5.97 Å². The third-order valence-corrected chi connectivity index (χ3v) is 1.48. The number of esters is 1. The molecule has 0 radical (unpaired) electrons. The first-order valence-electron chi connectivity index (χ1n) is 3.55. The van der Waals surface area contributed by atoms with E-state index in [0.29, 0.717) is 17.1 Å². The molecule has 4 heteroatoms. The van der Waals surface area contributed by atoms with Gasteiger partial charge in [-0.05, 0) is 13.0 Å². The maximum absolute atomic E-state index is 11.1. The zero-order valence-corrected chi connectivity index (χ0v) is 7.54. The van der Waals surface area contributed by atoms with Crippen molar-refractivity contribution in [2.75, 3.05) is 6.61 Å². The maximum atomic E-state index is 11.1. The molecule has 0 unspecified atom stereocenters. The first-order valence-corrected chi connectivity index (χ1v) is 4.00. The summed E-state index contributed by atoms with van der Waals surface area (Å²) in [5.74, 6) is -0.360. The highest BCUT2D eigenvalue weighted by Crippen LogP contribution is 2.07. The van der Waals surface area contributed by atoms with Crippen LogP contribution in [0.4, 0.5) is 0 Å². The summed E-state index contributed by atoms with van der Waals surface area (Å²) in [6.07, 6.45) is 3.02.